The second-order valence-electron chi connectivity index (χ2n) is 5.53. The average molecular weight is 273 g/mol. The molecule has 0 bridgehead atoms. The predicted molar refractivity (Wildman–Crippen MR) is 77.5 cm³/mol. The molecule has 0 aliphatic carbocycles. The molecular weight excluding hydrogens is 254 g/mol. The zero-order valence-corrected chi connectivity index (χ0v) is 11.9. The Bertz CT molecular complexity index is 614. The molecule has 1 amide bonds. The summed E-state index contributed by atoms with van der Waals surface area (Å²) in [4.78, 5) is 12.0. The lowest BCUT2D eigenvalue weighted by Crippen LogP contribution is -2.46. The summed E-state index contributed by atoms with van der Waals surface area (Å²) < 4.78 is 5.58. The molecule has 0 spiro atoms. The number of aryl methyl sites for hydroxylation is 1. The lowest BCUT2D eigenvalue weighted by Gasteiger charge is -2.22. The van der Waals surface area contributed by atoms with E-state index in [9.17, 15) is 4.79 Å². The van der Waals surface area contributed by atoms with E-state index in [1.807, 2.05) is 31.2 Å². The molecule has 0 fully saturated rings. The summed E-state index contributed by atoms with van der Waals surface area (Å²) in [7, 11) is 0. The van der Waals surface area contributed by atoms with Crippen molar-refractivity contribution >= 4 is 5.91 Å². The standard InChI is InChI=1S/C16H19NO3/c1-11-5-4-6-12(9-11)13-7-8-14(20-13)15(19)17-16(2,3)10-18/h4-9,18H,10H2,1-3H3,(H,17,19). The molecule has 0 unspecified atom stereocenters. The van der Waals surface area contributed by atoms with Crippen LogP contribution in [-0.4, -0.2) is 23.2 Å². The van der Waals surface area contributed by atoms with E-state index in [1.165, 1.54) is 0 Å². The minimum absolute atomic E-state index is 0.135. The minimum atomic E-state index is -0.673. The minimum Gasteiger partial charge on any atom is -0.451 e. The maximum Gasteiger partial charge on any atom is 0.287 e. The summed E-state index contributed by atoms with van der Waals surface area (Å²) in [5.74, 6) is 0.562. The molecule has 0 atom stereocenters. The average Bonchev–Trinajstić information content (AvgIpc) is 2.88. The fraction of sp³-hybridized carbons (Fsp3) is 0.312. The highest BCUT2D eigenvalue weighted by Gasteiger charge is 2.22. The van der Waals surface area contributed by atoms with Crippen LogP contribution in [0.25, 0.3) is 11.3 Å². The van der Waals surface area contributed by atoms with Crippen molar-refractivity contribution in [2.45, 2.75) is 26.3 Å². The Labute approximate surface area is 118 Å². The normalized spacial score (nSPS) is 11.4. The summed E-state index contributed by atoms with van der Waals surface area (Å²) >= 11 is 0. The van der Waals surface area contributed by atoms with Gasteiger partial charge in [0.25, 0.3) is 5.91 Å². The van der Waals surface area contributed by atoms with Crippen LogP contribution >= 0.6 is 0 Å². The Hall–Kier alpha value is -2.07. The number of furan rings is 1. The SMILES string of the molecule is Cc1cccc(-c2ccc(C(=O)NC(C)(C)CO)o2)c1. The lowest BCUT2D eigenvalue weighted by atomic mass is 10.1. The monoisotopic (exact) mass is 273 g/mol. The second-order valence-corrected chi connectivity index (χ2v) is 5.53. The Morgan fingerprint density at radius 3 is 2.70 bits per heavy atom. The van der Waals surface area contributed by atoms with Crippen LogP contribution in [-0.2, 0) is 0 Å². The molecule has 0 aliphatic rings. The van der Waals surface area contributed by atoms with E-state index in [0.717, 1.165) is 11.1 Å². The highest BCUT2D eigenvalue weighted by molar-refractivity contribution is 5.92. The number of rotatable bonds is 4. The summed E-state index contributed by atoms with van der Waals surface area (Å²) in [6.07, 6.45) is 0. The Balaban J connectivity index is 2.19. The van der Waals surface area contributed by atoms with Gasteiger partial charge in [-0.3, -0.25) is 4.79 Å². The van der Waals surface area contributed by atoms with Gasteiger partial charge in [0.15, 0.2) is 5.76 Å². The number of nitrogens with one attached hydrogen (secondary N) is 1. The Morgan fingerprint density at radius 1 is 1.30 bits per heavy atom. The maximum atomic E-state index is 12.0. The van der Waals surface area contributed by atoms with Gasteiger partial charge in [-0.2, -0.15) is 0 Å². The molecule has 1 aromatic carbocycles. The van der Waals surface area contributed by atoms with Crippen LogP contribution < -0.4 is 5.32 Å². The summed E-state index contributed by atoms with van der Waals surface area (Å²) in [6.45, 7) is 5.36. The van der Waals surface area contributed by atoms with E-state index in [1.54, 1.807) is 26.0 Å². The molecule has 0 aliphatic heterocycles. The van der Waals surface area contributed by atoms with E-state index < -0.39 is 5.54 Å². The van der Waals surface area contributed by atoms with Crippen molar-refractivity contribution in [1.29, 1.82) is 0 Å². The topological polar surface area (TPSA) is 62.5 Å². The highest BCUT2D eigenvalue weighted by atomic mass is 16.4. The molecule has 20 heavy (non-hydrogen) atoms. The van der Waals surface area contributed by atoms with Crippen LogP contribution in [0.2, 0.25) is 0 Å². The molecule has 2 aromatic rings. The first-order valence-corrected chi connectivity index (χ1v) is 6.51. The zero-order chi connectivity index (χ0) is 14.8. The van der Waals surface area contributed by atoms with Gasteiger partial charge in [0.2, 0.25) is 0 Å². The van der Waals surface area contributed by atoms with Crippen molar-refractivity contribution in [3.05, 3.63) is 47.7 Å². The van der Waals surface area contributed by atoms with Crippen LogP contribution in [0, 0.1) is 6.92 Å². The summed E-state index contributed by atoms with van der Waals surface area (Å²) in [5, 5.41) is 11.9. The number of benzene rings is 1. The highest BCUT2D eigenvalue weighted by Crippen LogP contribution is 2.23. The molecular formula is C16H19NO3. The van der Waals surface area contributed by atoms with E-state index in [2.05, 4.69) is 5.32 Å². The molecule has 4 heteroatoms. The molecule has 1 heterocycles. The summed E-state index contributed by atoms with van der Waals surface area (Å²) in [6, 6.07) is 11.3. The van der Waals surface area contributed by atoms with Gasteiger partial charge < -0.3 is 14.8 Å². The third-order valence-electron chi connectivity index (χ3n) is 2.98. The first kappa shape index (κ1) is 14.3. The van der Waals surface area contributed by atoms with Gasteiger partial charge in [-0.15, -0.1) is 0 Å². The first-order chi connectivity index (χ1) is 9.41. The van der Waals surface area contributed by atoms with Gasteiger partial charge >= 0.3 is 0 Å². The first-order valence-electron chi connectivity index (χ1n) is 6.51. The van der Waals surface area contributed by atoms with E-state index in [-0.39, 0.29) is 18.3 Å². The van der Waals surface area contributed by atoms with Crippen LogP contribution in [0.1, 0.15) is 30.0 Å². The number of carbonyl (C=O) groups is 1. The van der Waals surface area contributed by atoms with Crippen molar-refractivity contribution in [1.82, 2.24) is 5.32 Å². The molecule has 0 saturated carbocycles. The number of carbonyl (C=O) groups excluding carboxylic acids is 1. The Kier molecular flexibility index (Phi) is 3.95. The smallest absolute Gasteiger partial charge is 0.287 e. The third-order valence-corrected chi connectivity index (χ3v) is 2.98. The van der Waals surface area contributed by atoms with Gasteiger partial charge in [-0.25, -0.2) is 0 Å². The van der Waals surface area contributed by atoms with E-state index >= 15 is 0 Å². The van der Waals surface area contributed by atoms with Gasteiger partial charge in [0.05, 0.1) is 12.1 Å². The van der Waals surface area contributed by atoms with Crippen molar-refractivity contribution in [3.63, 3.8) is 0 Å². The molecule has 4 nitrogen and oxygen atoms in total. The molecule has 2 N–H and O–H groups in total. The molecule has 2 rings (SSSR count). The number of hydrogen-bond donors (Lipinski definition) is 2. The van der Waals surface area contributed by atoms with Gasteiger partial charge in [0.1, 0.15) is 5.76 Å². The number of hydrogen-bond acceptors (Lipinski definition) is 3. The fourth-order valence-electron chi connectivity index (χ4n) is 1.82. The largest absolute Gasteiger partial charge is 0.451 e. The van der Waals surface area contributed by atoms with Crippen LogP contribution in [0.5, 0.6) is 0 Å². The van der Waals surface area contributed by atoms with E-state index in [4.69, 9.17) is 9.52 Å². The summed E-state index contributed by atoms with van der Waals surface area (Å²) in [5.41, 5.74) is 1.39. The second kappa shape index (κ2) is 5.51. The van der Waals surface area contributed by atoms with Gasteiger partial charge in [0, 0.05) is 5.56 Å². The number of amides is 1. The third kappa shape index (κ3) is 3.27. The van der Waals surface area contributed by atoms with Crippen LogP contribution in [0.15, 0.2) is 40.8 Å². The fourth-order valence-corrected chi connectivity index (χ4v) is 1.82. The van der Waals surface area contributed by atoms with Gasteiger partial charge in [-0.05, 0) is 39.0 Å². The number of aliphatic hydroxyl groups is 1. The molecule has 0 saturated heterocycles. The van der Waals surface area contributed by atoms with Crippen LogP contribution in [0.3, 0.4) is 0 Å². The molecule has 106 valence electrons. The Morgan fingerprint density at radius 2 is 2.05 bits per heavy atom. The van der Waals surface area contributed by atoms with Crippen molar-refractivity contribution in [3.8, 4) is 11.3 Å². The van der Waals surface area contributed by atoms with Gasteiger partial charge in [-0.1, -0.05) is 23.8 Å². The maximum absolute atomic E-state index is 12.0. The van der Waals surface area contributed by atoms with E-state index in [0.29, 0.717) is 5.76 Å². The number of aliphatic hydroxyl groups excluding tert-OH is 1. The van der Waals surface area contributed by atoms with Crippen molar-refractivity contribution < 1.29 is 14.3 Å². The predicted octanol–water partition coefficient (Wildman–Crippen LogP) is 2.76. The van der Waals surface area contributed by atoms with Crippen molar-refractivity contribution in [2.75, 3.05) is 6.61 Å². The molecule has 1 aromatic heterocycles. The zero-order valence-electron chi connectivity index (χ0n) is 11.9. The quantitative estimate of drug-likeness (QED) is 0.900. The lowest BCUT2D eigenvalue weighted by molar-refractivity contribution is 0.0842. The van der Waals surface area contributed by atoms with Crippen molar-refractivity contribution in [2.24, 2.45) is 0 Å². The molecule has 0 radical (unpaired) electrons. The van der Waals surface area contributed by atoms with Crippen LogP contribution in [0.4, 0.5) is 0 Å².